The number of rotatable bonds is 8. The van der Waals surface area contributed by atoms with Gasteiger partial charge in [-0.05, 0) is 67.2 Å². The van der Waals surface area contributed by atoms with Crippen molar-refractivity contribution in [1.82, 2.24) is 4.90 Å². The summed E-state index contributed by atoms with van der Waals surface area (Å²) in [5, 5.41) is 23.1. The second-order valence-electron chi connectivity index (χ2n) is 8.49. The third kappa shape index (κ3) is 5.33. The first-order chi connectivity index (χ1) is 15.6. The zero-order valence-electron chi connectivity index (χ0n) is 18.1. The zero-order chi connectivity index (χ0) is 22.4. The molecule has 1 fully saturated rings. The molecule has 3 aromatic carbocycles. The summed E-state index contributed by atoms with van der Waals surface area (Å²) in [6.45, 7) is 2.43. The van der Waals surface area contributed by atoms with Crippen LogP contribution in [0, 0.1) is 5.92 Å². The number of piperidine rings is 1. The number of β-amino-alcohol motifs (C(OH)–C–C–N with tert-alkyl or cyclic N) is 1. The third-order valence-electron chi connectivity index (χ3n) is 6.33. The molecule has 0 saturated carbocycles. The van der Waals surface area contributed by atoms with Crippen molar-refractivity contribution in [3.8, 4) is 5.75 Å². The van der Waals surface area contributed by atoms with Crippen molar-refractivity contribution in [2.75, 3.05) is 26.2 Å². The van der Waals surface area contributed by atoms with Gasteiger partial charge in [0.1, 0.15) is 24.1 Å². The fraction of sp³-hybridized carbons (Fsp3) is 0.333. The van der Waals surface area contributed by atoms with E-state index in [9.17, 15) is 10.2 Å². The second-order valence-corrected chi connectivity index (χ2v) is 8.93. The topological polar surface area (TPSA) is 52.9 Å². The third-order valence-corrected chi connectivity index (χ3v) is 6.58. The number of halogens is 1. The highest BCUT2D eigenvalue weighted by Crippen LogP contribution is 2.41. The van der Waals surface area contributed by atoms with Crippen molar-refractivity contribution in [1.29, 1.82) is 0 Å². The number of benzene rings is 3. The van der Waals surface area contributed by atoms with Gasteiger partial charge >= 0.3 is 0 Å². The summed E-state index contributed by atoms with van der Waals surface area (Å²) >= 11 is 5.90. The van der Waals surface area contributed by atoms with E-state index in [1.807, 2.05) is 60.7 Å². The Balaban J connectivity index is 1.36. The summed E-state index contributed by atoms with van der Waals surface area (Å²) in [6.07, 6.45) is 1.13. The number of hydrogen-bond acceptors (Lipinski definition) is 4. The molecular formula is C27H30ClNO3. The van der Waals surface area contributed by atoms with E-state index in [0.717, 1.165) is 37.1 Å². The Hall–Kier alpha value is -2.37. The molecule has 0 unspecified atom stereocenters. The maximum Gasteiger partial charge on any atom is 0.119 e. The molecule has 5 heteroatoms. The maximum absolute atomic E-state index is 12.0. The van der Waals surface area contributed by atoms with Crippen LogP contribution in [0.5, 0.6) is 5.75 Å². The van der Waals surface area contributed by atoms with Crippen LogP contribution in [-0.4, -0.2) is 47.5 Å². The molecule has 2 N–H and O–H groups in total. The van der Waals surface area contributed by atoms with Crippen molar-refractivity contribution in [3.05, 3.63) is 101 Å². The molecule has 32 heavy (non-hydrogen) atoms. The highest BCUT2D eigenvalue weighted by atomic mass is 35.5. The number of hydrogen-bond donors (Lipinski definition) is 2. The predicted molar refractivity (Wildman–Crippen MR) is 128 cm³/mol. The molecule has 0 spiro atoms. The fourth-order valence-corrected chi connectivity index (χ4v) is 4.76. The molecule has 1 aliphatic rings. The van der Waals surface area contributed by atoms with E-state index < -0.39 is 11.7 Å². The number of nitrogens with zero attached hydrogens (tertiary/aromatic N) is 1. The van der Waals surface area contributed by atoms with Crippen LogP contribution in [0.25, 0.3) is 0 Å². The van der Waals surface area contributed by atoms with Crippen LogP contribution in [-0.2, 0) is 5.60 Å². The van der Waals surface area contributed by atoms with Crippen LogP contribution in [0.2, 0.25) is 5.02 Å². The summed E-state index contributed by atoms with van der Waals surface area (Å²) < 4.78 is 5.68. The summed E-state index contributed by atoms with van der Waals surface area (Å²) in [4.78, 5) is 2.25. The Bertz CT molecular complexity index is 918. The molecule has 0 amide bonds. The van der Waals surface area contributed by atoms with Crippen molar-refractivity contribution in [3.63, 3.8) is 0 Å². The fourth-order valence-electron chi connectivity index (χ4n) is 4.63. The van der Waals surface area contributed by atoms with E-state index in [4.69, 9.17) is 16.3 Å². The molecule has 4 rings (SSSR count). The smallest absolute Gasteiger partial charge is 0.119 e. The molecule has 168 valence electrons. The normalized spacial score (nSPS) is 16.6. The molecule has 1 atom stereocenters. The highest BCUT2D eigenvalue weighted by molar-refractivity contribution is 6.30. The standard InChI is InChI=1S/C27H30ClNO3/c28-24-11-13-26(14-12-24)32-20-25(30)19-29-17-15-23(16-18-29)27(31,21-7-3-1-4-8-21)22-9-5-2-6-10-22/h1-14,23,25,30-31H,15-20H2/t25-/m1/s1. The average Bonchev–Trinajstić information content (AvgIpc) is 2.85. The molecule has 1 heterocycles. The van der Waals surface area contributed by atoms with Crippen LogP contribution in [0.15, 0.2) is 84.9 Å². The zero-order valence-corrected chi connectivity index (χ0v) is 18.9. The lowest BCUT2D eigenvalue weighted by Gasteiger charge is -2.42. The van der Waals surface area contributed by atoms with E-state index in [1.165, 1.54) is 0 Å². The lowest BCUT2D eigenvalue weighted by Crippen LogP contribution is -2.46. The van der Waals surface area contributed by atoms with Crippen molar-refractivity contribution in [2.45, 2.75) is 24.5 Å². The second kappa shape index (κ2) is 10.5. The van der Waals surface area contributed by atoms with E-state index in [2.05, 4.69) is 4.90 Å². The maximum atomic E-state index is 12.0. The van der Waals surface area contributed by atoms with Gasteiger partial charge in [-0.2, -0.15) is 0 Å². The lowest BCUT2D eigenvalue weighted by molar-refractivity contribution is -0.0222. The van der Waals surface area contributed by atoms with Gasteiger partial charge in [-0.25, -0.2) is 0 Å². The number of aliphatic hydroxyl groups excluding tert-OH is 1. The molecule has 1 aliphatic heterocycles. The van der Waals surface area contributed by atoms with E-state index in [-0.39, 0.29) is 12.5 Å². The Morgan fingerprint density at radius 1 is 0.875 bits per heavy atom. The Morgan fingerprint density at radius 3 is 1.94 bits per heavy atom. The molecular weight excluding hydrogens is 422 g/mol. The molecule has 4 nitrogen and oxygen atoms in total. The van der Waals surface area contributed by atoms with Crippen molar-refractivity contribution < 1.29 is 14.9 Å². The van der Waals surface area contributed by atoms with E-state index in [1.54, 1.807) is 24.3 Å². The van der Waals surface area contributed by atoms with Gasteiger partial charge in [0.15, 0.2) is 0 Å². The molecule has 0 aromatic heterocycles. The van der Waals surface area contributed by atoms with Gasteiger partial charge in [-0.1, -0.05) is 72.3 Å². The Kier molecular flexibility index (Phi) is 7.48. The first-order valence-electron chi connectivity index (χ1n) is 11.2. The monoisotopic (exact) mass is 451 g/mol. The van der Waals surface area contributed by atoms with Gasteiger partial charge in [0, 0.05) is 11.6 Å². The quantitative estimate of drug-likeness (QED) is 0.520. The van der Waals surface area contributed by atoms with Gasteiger partial charge in [0.2, 0.25) is 0 Å². The largest absolute Gasteiger partial charge is 0.491 e. The summed E-state index contributed by atoms with van der Waals surface area (Å²) in [7, 11) is 0. The van der Waals surface area contributed by atoms with Crippen LogP contribution >= 0.6 is 11.6 Å². The first-order valence-corrected chi connectivity index (χ1v) is 11.6. The van der Waals surface area contributed by atoms with Crippen LogP contribution in [0.4, 0.5) is 0 Å². The summed E-state index contributed by atoms with van der Waals surface area (Å²) in [6, 6.07) is 27.1. The highest BCUT2D eigenvalue weighted by Gasteiger charge is 2.41. The average molecular weight is 452 g/mol. The van der Waals surface area contributed by atoms with Gasteiger partial charge in [-0.15, -0.1) is 0 Å². The molecule has 0 aliphatic carbocycles. The predicted octanol–water partition coefficient (Wildman–Crippen LogP) is 4.73. The minimum atomic E-state index is -1.02. The van der Waals surface area contributed by atoms with Gasteiger partial charge in [0.05, 0.1) is 0 Å². The molecule has 1 saturated heterocycles. The SMILES string of the molecule is O[C@@H](COc1ccc(Cl)cc1)CN1CCC(C(O)(c2ccccc2)c2ccccc2)CC1. The van der Waals surface area contributed by atoms with Crippen LogP contribution in [0.1, 0.15) is 24.0 Å². The molecule has 0 bridgehead atoms. The first kappa shape index (κ1) is 22.8. The minimum absolute atomic E-state index is 0.103. The lowest BCUT2D eigenvalue weighted by atomic mass is 9.72. The van der Waals surface area contributed by atoms with E-state index in [0.29, 0.717) is 17.3 Å². The summed E-state index contributed by atoms with van der Waals surface area (Å²) in [5.74, 6) is 0.800. The van der Waals surface area contributed by atoms with Crippen molar-refractivity contribution in [2.24, 2.45) is 5.92 Å². The van der Waals surface area contributed by atoms with Gasteiger partial charge < -0.3 is 19.8 Å². The van der Waals surface area contributed by atoms with Crippen LogP contribution < -0.4 is 4.74 Å². The van der Waals surface area contributed by atoms with Crippen molar-refractivity contribution >= 4 is 11.6 Å². The minimum Gasteiger partial charge on any atom is -0.491 e. The number of aliphatic hydroxyl groups is 2. The number of likely N-dealkylation sites (tertiary alicyclic amines) is 1. The Morgan fingerprint density at radius 2 is 1.41 bits per heavy atom. The van der Waals surface area contributed by atoms with Gasteiger partial charge in [0.25, 0.3) is 0 Å². The number of ether oxygens (including phenoxy) is 1. The van der Waals surface area contributed by atoms with Crippen LogP contribution in [0.3, 0.4) is 0 Å². The van der Waals surface area contributed by atoms with E-state index >= 15 is 0 Å². The summed E-state index contributed by atoms with van der Waals surface area (Å²) in [5.41, 5.74) is 0.840. The Labute approximate surface area is 195 Å². The molecule has 3 aromatic rings. The van der Waals surface area contributed by atoms with Gasteiger partial charge in [-0.3, -0.25) is 0 Å². The molecule has 0 radical (unpaired) electrons.